The third-order valence-electron chi connectivity index (χ3n) is 12.4. The monoisotopic (exact) mass is 844 g/mol. The van der Waals surface area contributed by atoms with Gasteiger partial charge in [-0.1, -0.05) is 262 Å². The molecule has 5 heteroatoms. The summed E-state index contributed by atoms with van der Waals surface area (Å²) in [6, 6.07) is -0.742. The summed E-state index contributed by atoms with van der Waals surface area (Å²) >= 11 is 0. The third kappa shape index (κ3) is 46.1. The first kappa shape index (κ1) is 58.6. The first-order valence-corrected chi connectivity index (χ1v) is 26.8. The van der Waals surface area contributed by atoms with Gasteiger partial charge in [0, 0.05) is 0 Å². The minimum absolute atomic E-state index is 0.0148. The van der Waals surface area contributed by atoms with Crippen molar-refractivity contribution in [2.24, 2.45) is 0 Å². The second-order valence-corrected chi connectivity index (χ2v) is 18.5. The van der Waals surface area contributed by atoms with Crippen molar-refractivity contribution in [3.05, 3.63) is 36.5 Å². The minimum atomic E-state index is -0.927. The second kappa shape index (κ2) is 50.2. The van der Waals surface area contributed by atoms with Gasteiger partial charge in [-0.25, -0.2) is 0 Å². The molecular weight excluding hydrogens is 739 g/mol. The first-order chi connectivity index (χ1) is 29.5. The maximum absolute atomic E-state index is 12.5. The maximum Gasteiger partial charge on any atom is 0.222 e. The van der Waals surface area contributed by atoms with Gasteiger partial charge in [-0.2, -0.15) is 0 Å². The number of aliphatic hydroxyl groups is 3. The van der Waals surface area contributed by atoms with Gasteiger partial charge in [0.2, 0.25) is 5.91 Å². The Bertz CT molecular complexity index is 931. The number of amides is 1. The van der Waals surface area contributed by atoms with E-state index in [1.807, 2.05) is 6.08 Å². The molecule has 5 nitrogen and oxygen atoms in total. The highest BCUT2D eigenvalue weighted by atomic mass is 16.3. The van der Waals surface area contributed by atoms with Crippen LogP contribution in [-0.2, 0) is 4.79 Å². The van der Waals surface area contributed by atoms with Crippen LogP contribution in [0.25, 0.3) is 0 Å². The molecule has 0 aliphatic heterocycles. The molecule has 0 aromatic heterocycles. The van der Waals surface area contributed by atoms with Crippen molar-refractivity contribution in [3.8, 4) is 0 Å². The number of carbonyl (C=O) groups excluding carboxylic acids is 1. The van der Waals surface area contributed by atoms with E-state index in [4.69, 9.17) is 0 Å². The van der Waals surface area contributed by atoms with Gasteiger partial charge in [0.15, 0.2) is 0 Å². The van der Waals surface area contributed by atoms with Crippen molar-refractivity contribution in [1.29, 1.82) is 0 Å². The van der Waals surface area contributed by atoms with E-state index in [-0.39, 0.29) is 18.9 Å². The van der Waals surface area contributed by atoms with E-state index in [1.165, 1.54) is 225 Å². The average molecular weight is 844 g/mol. The molecule has 1 amide bonds. The third-order valence-corrected chi connectivity index (χ3v) is 12.4. The van der Waals surface area contributed by atoms with E-state index >= 15 is 0 Å². The number of hydrogen-bond donors (Lipinski definition) is 4. The van der Waals surface area contributed by atoms with Crippen molar-refractivity contribution in [1.82, 2.24) is 5.32 Å². The van der Waals surface area contributed by atoms with Crippen molar-refractivity contribution >= 4 is 5.91 Å². The molecule has 3 unspecified atom stereocenters. The summed E-state index contributed by atoms with van der Waals surface area (Å²) in [4.78, 5) is 12.5. The molecule has 0 aliphatic rings. The number of unbranched alkanes of at least 4 members (excludes halogenated alkanes) is 36. The number of rotatable bonds is 49. The topological polar surface area (TPSA) is 89.8 Å². The van der Waals surface area contributed by atoms with Crippen LogP contribution in [0.2, 0.25) is 0 Å². The lowest BCUT2D eigenvalue weighted by Crippen LogP contribution is -2.45. The molecule has 0 spiro atoms. The normalized spacial score (nSPS) is 13.6. The van der Waals surface area contributed by atoms with E-state index < -0.39 is 18.2 Å². The van der Waals surface area contributed by atoms with Crippen LogP contribution < -0.4 is 5.32 Å². The fourth-order valence-electron chi connectivity index (χ4n) is 8.31. The Hall–Kier alpha value is -1.43. The second-order valence-electron chi connectivity index (χ2n) is 18.5. The maximum atomic E-state index is 12.5. The lowest BCUT2D eigenvalue weighted by Gasteiger charge is -2.21. The summed E-state index contributed by atoms with van der Waals surface area (Å²) in [6.07, 6.45) is 64.8. The van der Waals surface area contributed by atoms with Gasteiger partial charge in [-0.15, -0.1) is 0 Å². The molecule has 4 N–H and O–H groups in total. The summed E-state index contributed by atoms with van der Waals surface area (Å²) in [6.45, 7) is 4.22. The smallest absolute Gasteiger partial charge is 0.222 e. The molecule has 0 aliphatic carbocycles. The first-order valence-electron chi connectivity index (χ1n) is 26.8. The number of carbonyl (C=O) groups is 1. The molecule has 354 valence electrons. The zero-order valence-electron chi connectivity index (χ0n) is 40.4. The molecule has 3 atom stereocenters. The van der Waals surface area contributed by atoms with Crippen LogP contribution in [0.15, 0.2) is 36.5 Å². The molecular formula is C55H105NO4. The van der Waals surface area contributed by atoms with Gasteiger partial charge >= 0.3 is 0 Å². The lowest BCUT2D eigenvalue weighted by atomic mass is 10.0. The number of hydrogen-bond acceptors (Lipinski definition) is 4. The Labute approximate surface area is 374 Å². The van der Waals surface area contributed by atoms with Gasteiger partial charge in [0.1, 0.15) is 0 Å². The van der Waals surface area contributed by atoms with Crippen molar-refractivity contribution in [2.45, 2.75) is 302 Å². The average Bonchev–Trinajstić information content (AvgIpc) is 3.24. The van der Waals surface area contributed by atoms with Gasteiger partial charge in [-0.05, 0) is 51.4 Å². The highest BCUT2D eigenvalue weighted by molar-refractivity contribution is 5.76. The van der Waals surface area contributed by atoms with E-state index in [1.54, 1.807) is 6.08 Å². The zero-order chi connectivity index (χ0) is 43.7. The standard InChI is InChI=1S/C55H105NO4/c1-3-5-7-9-11-13-15-17-18-19-20-21-22-23-24-25-26-27-28-29-30-31-32-33-34-35-36-37-38-40-42-44-46-48-52(58)50-55(60)56-53(51-57)54(59)49-47-45-43-41-39-16-14-12-10-8-6-4-2/h22-23,25-26,47,49,52-54,57-59H,3-21,24,27-46,48,50-51H2,1-2H3,(H,56,60)/b23-22-,26-25-,49-47+. The van der Waals surface area contributed by atoms with Gasteiger partial charge < -0.3 is 20.6 Å². The number of allylic oxidation sites excluding steroid dienone is 5. The van der Waals surface area contributed by atoms with Crippen molar-refractivity contribution in [2.75, 3.05) is 6.61 Å². The predicted octanol–water partition coefficient (Wildman–Crippen LogP) is 16.3. The molecule has 0 saturated carbocycles. The number of aliphatic hydroxyl groups excluding tert-OH is 3. The number of nitrogens with one attached hydrogen (secondary N) is 1. The van der Waals surface area contributed by atoms with E-state index in [9.17, 15) is 20.1 Å². The molecule has 0 aromatic rings. The quantitative estimate of drug-likeness (QED) is 0.0363. The Kier molecular flexibility index (Phi) is 49.0. The largest absolute Gasteiger partial charge is 0.394 e. The summed E-state index contributed by atoms with van der Waals surface area (Å²) in [5.41, 5.74) is 0. The lowest BCUT2D eigenvalue weighted by molar-refractivity contribution is -0.124. The van der Waals surface area contributed by atoms with Crippen molar-refractivity contribution < 1.29 is 20.1 Å². The Morgan fingerprint density at radius 2 is 0.750 bits per heavy atom. The van der Waals surface area contributed by atoms with Crippen LogP contribution in [0, 0.1) is 0 Å². The Balaban J connectivity index is 3.51. The zero-order valence-corrected chi connectivity index (χ0v) is 40.4. The molecule has 0 heterocycles. The fraction of sp³-hybridized carbons (Fsp3) is 0.873. The summed E-state index contributed by atoms with van der Waals surface area (Å²) in [5.74, 6) is -0.314. The van der Waals surface area contributed by atoms with Gasteiger partial charge in [-0.3, -0.25) is 4.79 Å². The highest BCUT2D eigenvalue weighted by Crippen LogP contribution is 2.17. The molecule has 0 saturated heterocycles. The molecule has 0 bridgehead atoms. The van der Waals surface area contributed by atoms with E-state index in [0.29, 0.717) is 6.42 Å². The van der Waals surface area contributed by atoms with Crippen molar-refractivity contribution in [3.63, 3.8) is 0 Å². The van der Waals surface area contributed by atoms with Crippen LogP contribution in [0.1, 0.15) is 284 Å². The predicted molar refractivity (Wildman–Crippen MR) is 264 cm³/mol. The van der Waals surface area contributed by atoms with Gasteiger partial charge in [0.25, 0.3) is 0 Å². The molecule has 0 rings (SSSR count). The molecule has 0 radical (unpaired) electrons. The summed E-state index contributed by atoms with van der Waals surface area (Å²) in [7, 11) is 0. The molecule has 60 heavy (non-hydrogen) atoms. The summed E-state index contributed by atoms with van der Waals surface area (Å²) in [5, 5.41) is 33.3. The highest BCUT2D eigenvalue weighted by Gasteiger charge is 2.20. The van der Waals surface area contributed by atoms with Crippen LogP contribution in [0.4, 0.5) is 0 Å². The van der Waals surface area contributed by atoms with E-state index in [2.05, 4.69) is 43.5 Å². The van der Waals surface area contributed by atoms with Crippen LogP contribution in [0.5, 0.6) is 0 Å². The minimum Gasteiger partial charge on any atom is -0.394 e. The van der Waals surface area contributed by atoms with Crippen LogP contribution in [0.3, 0.4) is 0 Å². The Morgan fingerprint density at radius 1 is 0.433 bits per heavy atom. The van der Waals surface area contributed by atoms with E-state index in [0.717, 1.165) is 32.1 Å². The summed E-state index contributed by atoms with van der Waals surface area (Å²) < 4.78 is 0. The SMILES string of the molecule is CCCCCCCCCCCC/C=C/C(O)C(CO)NC(=O)CC(O)CCCCCCCCCCCCCCCCC/C=C\C/C=C\CCCCCCCCCCCCC. The molecule has 0 aromatic carbocycles. The van der Waals surface area contributed by atoms with Gasteiger partial charge in [0.05, 0.1) is 31.3 Å². The fourth-order valence-corrected chi connectivity index (χ4v) is 8.31. The van der Waals surface area contributed by atoms with Crippen LogP contribution >= 0.6 is 0 Å². The van der Waals surface area contributed by atoms with Crippen LogP contribution in [-0.4, -0.2) is 46.1 Å². The molecule has 0 fully saturated rings. The Morgan fingerprint density at radius 3 is 1.10 bits per heavy atom.